The zero-order valence-corrected chi connectivity index (χ0v) is 18.5. The Hall–Kier alpha value is -1.26. The fraction of sp³-hybridized carbons (Fsp3) is 0.824. The highest BCUT2D eigenvalue weighted by Gasteiger charge is 2.34. The van der Waals surface area contributed by atoms with Crippen LogP contribution in [0.25, 0.3) is 0 Å². The molecule has 8 nitrogen and oxygen atoms in total. The van der Waals surface area contributed by atoms with Crippen molar-refractivity contribution in [1.29, 1.82) is 0 Å². The molecular weight excluding hydrogens is 449 g/mol. The van der Waals surface area contributed by atoms with Crippen molar-refractivity contribution in [2.24, 2.45) is 4.99 Å². The molecule has 2 N–H and O–H groups in total. The van der Waals surface area contributed by atoms with Crippen LogP contribution in [0.4, 0.5) is 4.79 Å². The van der Waals surface area contributed by atoms with Crippen LogP contribution >= 0.6 is 24.0 Å². The van der Waals surface area contributed by atoms with E-state index in [4.69, 9.17) is 4.74 Å². The lowest BCUT2D eigenvalue weighted by atomic mass is 10.1. The van der Waals surface area contributed by atoms with Gasteiger partial charge in [-0.1, -0.05) is 0 Å². The van der Waals surface area contributed by atoms with E-state index in [1.165, 1.54) is 0 Å². The van der Waals surface area contributed by atoms with Crippen molar-refractivity contribution in [3.05, 3.63) is 0 Å². The number of nitrogens with one attached hydrogen (secondary N) is 2. The topological polar surface area (TPSA) is 86.3 Å². The first kappa shape index (κ1) is 22.8. The van der Waals surface area contributed by atoms with Crippen molar-refractivity contribution in [1.82, 2.24) is 20.4 Å². The molecular formula is C17H32IN5O3. The number of rotatable bonds is 4. The van der Waals surface area contributed by atoms with Gasteiger partial charge in [-0.05, 0) is 40.5 Å². The summed E-state index contributed by atoms with van der Waals surface area (Å²) in [5, 5.41) is 6.41. The Kier molecular flexibility index (Phi) is 8.91. The van der Waals surface area contributed by atoms with E-state index < -0.39 is 5.60 Å². The molecule has 150 valence electrons. The van der Waals surface area contributed by atoms with E-state index in [-0.39, 0.29) is 48.6 Å². The standard InChI is InChI=1S/C17H31N5O3.HI/c1-5-18-15(19-10-14(23)21-8-6-7-9-21)20-13-11-22(12-13)16(24)25-17(2,3)4;/h13H,5-12H2,1-4H3,(H2,18,19,20);1H. The van der Waals surface area contributed by atoms with Crippen LogP contribution in [0.3, 0.4) is 0 Å². The number of aliphatic imine (C=N–C) groups is 1. The van der Waals surface area contributed by atoms with Gasteiger partial charge in [0.1, 0.15) is 12.1 Å². The number of guanidine groups is 1. The monoisotopic (exact) mass is 481 g/mol. The first-order valence-corrected chi connectivity index (χ1v) is 9.09. The molecule has 0 atom stereocenters. The Morgan fingerprint density at radius 1 is 1.15 bits per heavy atom. The van der Waals surface area contributed by atoms with Crippen molar-refractivity contribution in [2.45, 2.75) is 52.2 Å². The van der Waals surface area contributed by atoms with Gasteiger partial charge in [0.15, 0.2) is 5.96 Å². The second-order valence-electron chi connectivity index (χ2n) is 7.51. The Morgan fingerprint density at radius 3 is 2.31 bits per heavy atom. The lowest BCUT2D eigenvalue weighted by molar-refractivity contribution is -0.128. The molecule has 2 fully saturated rings. The molecule has 0 radical (unpaired) electrons. The summed E-state index contributed by atoms with van der Waals surface area (Å²) in [4.78, 5) is 31.9. The highest BCUT2D eigenvalue weighted by molar-refractivity contribution is 14.0. The quantitative estimate of drug-likeness (QED) is 0.360. The average Bonchev–Trinajstić information content (AvgIpc) is 2.99. The van der Waals surface area contributed by atoms with Gasteiger partial charge in [-0.2, -0.15) is 0 Å². The normalized spacial score (nSPS) is 18.1. The number of likely N-dealkylation sites (tertiary alicyclic amines) is 2. The third-order valence-electron chi connectivity index (χ3n) is 4.05. The third kappa shape index (κ3) is 7.16. The van der Waals surface area contributed by atoms with E-state index in [2.05, 4.69) is 15.6 Å². The van der Waals surface area contributed by atoms with Crippen molar-refractivity contribution in [3.8, 4) is 0 Å². The number of ether oxygens (including phenoxy) is 1. The van der Waals surface area contributed by atoms with Gasteiger partial charge in [0.05, 0.1) is 6.04 Å². The lowest BCUT2D eigenvalue weighted by Crippen LogP contribution is -2.63. The van der Waals surface area contributed by atoms with E-state index in [9.17, 15) is 9.59 Å². The van der Waals surface area contributed by atoms with Gasteiger partial charge in [0, 0.05) is 32.7 Å². The molecule has 0 aromatic rings. The fourth-order valence-electron chi connectivity index (χ4n) is 2.77. The molecule has 2 heterocycles. The van der Waals surface area contributed by atoms with Crippen molar-refractivity contribution < 1.29 is 14.3 Å². The summed E-state index contributed by atoms with van der Waals surface area (Å²) >= 11 is 0. The van der Waals surface area contributed by atoms with E-state index in [0.717, 1.165) is 25.9 Å². The summed E-state index contributed by atoms with van der Waals surface area (Å²) in [6.45, 7) is 11.2. The van der Waals surface area contributed by atoms with Crippen LogP contribution in [0.1, 0.15) is 40.5 Å². The number of hydrogen-bond donors (Lipinski definition) is 2. The Morgan fingerprint density at radius 2 is 1.77 bits per heavy atom. The molecule has 0 aromatic carbocycles. The van der Waals surface area contributed by atoms with Crippen LogP contribution in [-0.4, -0.2) is 78.7 Å². The van der Waals surface area contributed by atoms with Gasteiger partial charge in [0.25, 0.3) is 0 Å². The average molecular weight is 481 g/mol. The summed E-state index contributed by atoms with van der Waals surface area (Å²) in [6, 6.07) is 0.118. The first-order valence-electron chi connectivity index (χ1n) is 9.09. The Labute approximate surface area is 173 Å². The van der Waals surface area contributed by atoms with Gasteiger partial charge in [-0.15, -0.1) is 24.0 Å². The summed E-state index contributed by atoms with van der Waals surface area (Å²) in [7, 11) is 0. The number of nitrogens with zero attached hydrogens (tertiary/aromatic N) is 3. The van der Waals surface area contributed by atoms with Gasteiger partial charge in [-0.3, -0.25) is 4.79 Å². The molecule has 2 aliphatic heterocycles. The summed E-state index contributed by atoms with van der Waals surface area (Å²) < 4.78 is 5.34. The fourth-order valence-corrected chi connectivity index (χ4v) is 2.77. The minimum Gasteiger partial charge on any atom is -0.444 e. The van der Waals surface area contributed by atoms with Crippen molar-refractivity contribution in [3.63, 3.8) is 0 Å². The molecule has 2 amide bonds. The third-order valence-corrected chi connectivity index (χ3v) is 4.05. The second kappa shape index (κ2) is 10.2. The zero-order valence-electron chi connectivity index (χ0n) is 16.2. The summed E-state index contributed by atoms with van der Waals surface area (Å²) in [6.07, 6.45) is 1.86. The molecule has 0 aliphatic carbocycles. The number of amides is 2. The zero-order chi connectivity index (χ0) is 18.4. The Balaban J connectivity index is 0.00000338. The van der Waals surface area contributed by atoms with E-state index in [0.29, 0.717) is 25.6 Å². The molecule has 0 saturated carbocycles. The van der Waals surface area contributed by atoms with E-state index >= 15 is 0 Å². The van der Waals surface area contributed by atoms with Crippen LogP contribution in [-0.2, 0) is 9.53 Å². The molecule has 0 aromatic heterocycles. The summed E-state index contributed by atoms with van der Waals surface area (Å²) in [5.74, 6) is 0.683. The SMILES string of the molecule is CCNC(=NCC(=O)N1CCCC1)NC1CN(C(=O)OC(C)(C)C)C1.I. The van der Waals surface area contributed by atoms with Crippen LogP contribution in [0.5, 0.6) is 0 Å². The highest BCUT2D eigenvalue weighted by Crippen LogP contribution is 2.15. The van der Waals surface area contributed by atoms with Gasteiger partial charge < -0.3 is 25.2 Å². The molecule has 2 aliphatic rings. The van der Waals surface area contributed by atoms with Gasteiger partial charge >= 0.3 is 6.09 Å². The number of hydrogen-bond acceptors (Lipinski definition) is 4. The molecule has 2 rings (SSSR count). The number of carbonyl (C=O) groups excluding carboxylic acids is 2. The first-order chi connectivity index (χ1) is 11.8. The molecule has 0 bridgehead atoms. The molecule has 26 heavy (non-hydrogen) atoms. The molecule has 9 heteroatoms. The molecule has 0 unspecified atom stereocenters. The van der Waals surface area contributed by atoms with Gasteiger partial charge in [0.2, 0.25) is 5.91 Å². The number of carbonyl (C=O) groups is 2. The van der Waals surface area contributed by atoms with Crippen LogP contribution in [0, 0.1) is 0 Å². The summed E-state index contributed by atoms with van der Waals surface area (Å²) in [5.41, 5.74) is -0.484. The van der Waals surface area contributed by atoms with Gasteiger partial charge in [-0.25, -0.2) is 9.79 Å². The van der Waals surface area contributed by atoms with E-state index in [1.807, 2.05) is 32.6 Å². The van der Waals surface area contributed by atoms with Crippen molar-refractivity contribution in [2.75, 3.05) is 39.3 Å². The lowest BCUT2D eigenvalue weighted by Gasteiger charge is -2.40. The van der Waals surface area contributed by atoms with E-state index in [1.54, 1.807) is 4.90 Å². The van der Waals surface area contributed by atoms with Crippen LogP contribution in [0.2, 0.25) is 0 Å². The predicted octanol–water partition coefficient (Wildman–Crippen LogP) is 1.40. The maximum absolute atomic E-state index is 12.1. The smallest absolute Gasteiger partial charge is 0.410 e. The number of halogens is 1. The van der Waals surface area contributed by atoms with Crippen molar-refractivity contribution >= 4 is 41.9 Å². The minimum atomic E-state index is -0.484. The second-order valence-corrected chi connectivity index (χ2v) is 7.51. The highest BCUT2D eigenvalue weighted by atomic mass is 127. The maximum atomic E-state index is 12.1. The van der Waals surface area contributed by atoms with Crippen LogP contribution < -0.4 is 10.6 Å². The molecule has 2 saturated heterocycles. The maximum Gasteiger partial charge on any atom is 0.410 e. The minimum absolute atomic E-state index is 0. The van der Waals surface area contributed by atoms with Crippen LogP contribution in [0.15, 0.2) is 4.99 Å². The Bertz CT molecular complexity index is 509. The largest absolute Gasteiger partial charge is 0.444 e. The molecule has 0 spiro atoms. The predicted molar refractivity (Wildman–Crippen MR) is 112 cm³/mol.